The molecule has 1 fully saturated rings. The summed E-state index contributed by atoms with van der Waals surface area (Å²) in [6.45, 7) is 6.18. The van der Waals surface area contributed by atoms with Gasteiger partial charge in [-0.25, -0.2) is 4.79 Å². The van der Waals surface area contributed by atoms with Crippen LogP contribution < -0.4 is 5.32 Å². The van der Waals surface area contributed by atoms with E-state index in [0.717, 1.165) is 11.1 Å². The zero-order chi connectivity index (χ0) is 12.6. The first-order valence-corrected chi connectivity index (χ1v) is 5.63. The Morgan fingerprint density at radius 3 is 2.78 bits per heavy atom. The van der Waals surface area contributed by atoms with Crippen molar-refractivity contribution in [3.63, 3.8) is 0 Å². The zero-order valence-electron chi connectivity index (χ0n) is 10.7. The quantitative estimate of drug-likeness (QED) is 0.826. The maximum absolute atomic E-state index is 11.3. The number of ether oxygens (including phenoxy) is 1. The summed E-state index contributed by atoms with van der Waals surface area (Å²) in [5, 5.41) is 12.8. The van der Waals surface area contributed by atoms with Crippen molar-refractivity contribution in [2.45, 2.75) is 26.8 Å². The average Bonchev–Trinajstić information content (AvgIpc) is 2.26. The van der Waals surface area contributed by atoms with E-state index in [2.05, 4.69) is 5.32 Å². The van der Waals surface area contributed by atoms with Gasteiger partial charge in [0.05, 0.1) is 6.04 Å². The predicted molar refractivity (Wildman–Crippen MR) is 71.1 cm³/mol. The molecule has 0 unspecified atom stereocenters. The molecule has 2 rings (SSSR count). The lowest BCUT2D eigenvalue weighted by molar-refractivity contribution is 0.0381. The number of cyclic esters (lactones) is 1. The third-order valence-corrected chi connectivity index (χ3v) is 3.20. The molecule has 1 saturated heterocycles. The van der Waals surface area contributed by atoms with Crippen LogP contribution in [0.5, 0.6) is 5.75 Å². The molecular weight excluding hydrogens is 254 g/mol. The van der Waals surface area contributed by atoms with Gasteiger partial charge in [0.15, 0.2) is 0 Å². The number of hydrogen-bond donors (Lipinski definition) is 2. The smallest absolute Gasteiger partial charge is 0.407 e. The summed E-state index contributed by atoms with van der Waals surface area (Å²) < 4.78 is 4.98. The second kappa shape index (κ2) is 5.06. The van der Waals surface area contributed by atoms with E-state index in [-0.39, 0.29) is 29.6 Å². The third-order valence-electron chi connectivity index (χ3n) is 3.20. The highest BCUT2D eigenvalue weighted by Crippen LogP contribution is 2.40. The van der Waals surface area contributed by atoms with Crippen molar-refractivity contribution >= 4 is 18.5 Å². The Balaban J connectivity index is 0.00000162. The van der Waals surface area contributed by atoms with Gasteiger partial charge in [-0.15, -0.1) is 12.4 Å². The minimum atomic E-state index is -0.435. The van der Waals surface area contributed by atoms with Gasteiger partial charge in [0.1, 0.15) is 12.4 Å². The Morgan fingerprint density at radius 2 is 2.11 bits per heavy atom. The van der Waals surface area contributed by atoms with Crippen molar-refractivity contribution in [2.24, 2.45) is 5.41 Å². The number of para-hydroxylation sites is 1. The largest absolute Gasteiger partial charge is 0.507 e. The van der Waals surface area contributed by atoms with E-state index in [1.807, 2.05) is 39.0 Å². The molecule has 100 valence electrons. The highest BCUT2D eigenvalue weighted by molar-refractivity contribution is 5.85. The predicted octanol–water partition coefficient (Wildman–Crippen LogP) is 2.93. The lowest BCUT2D eigenvalue weighted by Crippen LogP contribution is -2.46. The Hall–Kier alpha value is -1.42. The number of aromatic hydroxyl groups is 1. The van der Waals surface area contributed by atoms with Crippen LogP contribution in [0.4, 0.5) is 4.79 Å². The zero-order valence-corrected chi connectivity index (χ0v) is 11.5. The summed E-state index contributed by atoms with van der Waals surface area (Å²) in [6, 6.07) is 5.32. The standard InChI is InChI=1S/C13H17NO3.ClH/c1-8-5-4-6-9(10(8)15)11-13(2,3)7-17-12(16)14-11;/h4-6,11,15H,7H2,1-3H3,(H,14,16);1H/t11-;/m0./s1. The number of aryl methyl sites for hydroxylation is 1. The number of carbonyl (C=O) groups is 1. The summed E-state index contributed by atoms with van der Waals surface area (Å²) in [5.41, 5.74) is 1.30. The number of halogens is 1. The van der Waals surface area contributed by atoms with Crippen molar-refractivity contribution < 1.29 is 14.6 Å². The molecule has 18 heavy (non-hydrogen) atoms. The van der Waals surface area contributed by atoms with Crippen molar-refractivity contribution in [1.82, 2.24) is 5.32 Å². The van der Waals surface area contributed by atoms with Crippen LogP contribution in [-0.4, -0.2) is 17.8 Å². The van der Waals surface area contributed by atoms with Gasteiger partial charge in [0.25, 0.3) is 0 Å². The Labute approximate surface area is 113 Å². The molecule has 1 amide bonds. The van der Waals surface area contributed by atoms with Crippen LogP contribution in [-0.2, 0) is 4.74 Å². The Morgan fingerprint density at radius 1 is 1.44 bits per heavy atom. The van der Waals surface area contributed by atoms with Crippen LogP contribution in [0.3, 0.4) is 0 Å². The van der Waals surface area contributed by atoms with Crippen LogP contribution in [0.15, 0.2) is 18.2 Å². The van der Waals surface area contributed by atoms with Crippen LogP contribution in [0, 0.1) is 12.3 Å². The maximum Gasteiger partial charge on any atom is 0.407 e. The van der Waals surface area contributed by atoms with Crippen LogP contribution in [0.1, 0.15) is 31.0 Å². The van der Waals surface area contributed by atoms with Crippen molar-refractivity contribution in [1.29, 1.82) is 0 Å². The number of carbonyl (C=O) groups excluding carboxylic acids is 1. The molecule has 0 saturated carbocycles. The number of amides is 1. The van der Waals surface area contributed by atoms with E-state index in [1.54, 1.807) is 0 Å². The molecule has 1 aliphatic heterocycles. The number of phenolic OH excluding ortho intramolecular Hbond substituents is 1. The van der Waals surface area contributed by atoms with Gasteiger partial charge in [-0.1, -0.05) is 32.0 Å². The molecule has 0 radical (unpaired) electrons. The van der Waals surface area contributed by atoms with Gasteiger partial charge in [-0.05, 0) is 12.5 Å². The van der Waals surface area contributed by atoms with E-state index in [9.17, 15) is 9.90 Å². The highest BCUT2D eigenvalue weighted by Gasteiger charge is 2.39. The monoisotopic (exact) mass is 271 g/mol. The maximum atomic E-state index is 11.3. The summed E-state index contributed by atoms with van der Waals surface area (Å²) in [6.07, 6.45) is -0.435. The van der Waals surface area contributed by atoms with E-state index < -0.39 is 6.09 Å². The fourth-order valence-corrected chi connectivity index (χ4v) is 2.10. The first-order valence-electron chi connectivity index (χ1n) is 5.63. The summed E-state index contributed by atoms with van der Waals surface area (Å²) in [5.74, 6) is 0.243. The number of rotatable bonds is 1. The Bertz CT molecular complexity index is 460. The van der Waals surface area contributed by atoms with E-state index >= 15 is 0 Å². The molecule has 4 nitrogen and oxygen atoms in total. The van der Waals surface area contributed by atoms with E-state index in [0.29, 0.717) is 6.61 Å². The topological polar surface area (TPSA) is 58.6 Å². The average molecular weight is 272 g/mol. The summed E-state index contributed by atoms with van der Waals surface area (Å²) in [7, 11) is 0. The molecule has 1 atom stereocenters. The van der Waals surface area contributed by atoms with Gasteiger partial charge < -0.3 is 15.2 Å². The molecule has 1 aliphatic rings. The van der Waals surface area contributed by atoms with Gasteiger partial charge in [-0.2, -0.15) is 0 Å². The molecule has 1 aromatic rings. The molecule has 0 aromatic heterocycles. The second-order valence-electron chi connectivity index (χ2n) is 5.15. The third kappa shape index (κ3) is 2.53. The first-order chi connectivity index (χ1) is 7.92. The molecule has 1 aromatic carbocycles. The van der Waals surface area contributed by atoms with Crippen LogP contribution in [0.2, 0.25) is 0 Å². The van der Waals surface area contributed by atoms with Crippen LogP contribution >= 0.6 is 12.4 Å². The molecular formula is C13H18ClNO3. The lowest BCUT2D eigenvalue weighted by Gasteiger charge is -2.38. The summed E-state index contributed by atoms with van der Waals surface area (Å²) >= 11 is 0. The molecule has 0 bridgehead atoms. The first kappa shape index (κ1) is 14.6. The molecule has 1 heterocycles. The molecule has 0 spiro atoms. The number of benzene rings is 1. The SMILES string of the molecule is Cc1cccc([C@@H]2NC(=O)OCC2(C)C)c1O.Cl. The number of alkyl carbamates (subject to hydrolysis) is 1. The van der Waals surface area contributed by atoms with Crippen molar-refractivity contribution in [3.05, 3.63) is 29.3 Å². The summed E-state index contributed by atoms with van der Waals surface area (Å²) in [4.78, 5) is 11.3. The lowest BCUT2D eigenvalue weighted by atomic mass is 9.79. The fourth-order valence-electron chi connectivity index (χ4n) is 2.10. The van der Waals surface area contributed by atoms with Gasteiger partial charge >= 0.3 is 6.09 Å². The number of hydrogen-bond acceptors (Lipinski definition) is 3. The normalized spacial score (nSPS) is 21.5. The Kier molecular flexibility index (Phi) is 4.12. The minimum Gasteiger partial charge on any atom is -0.507 e. The van der Waals surface area contributed by atoms with Gasteiger partial charge in [0.2, 0.25) is 0 Å². The van der Waals surface area contributed by atoms with E-state index in [4.69, 9.17) is 4.74 Å². The minimum absolute atomic E-state index is 0. The number of nitrogens with one attached hydrogen (secondary N) is 1. The molecule has 0 aliphatic carbocycles. The fraction of sp³-hybridized carbons (Fsp3) is 0.462. The van der Waals surface area contributed by atoms with Crippen molar-refractivity contribution in [2.75, 3.05) is 6.61 Å². The van der Waals surface area contributed by atoms with Gasteiger partial charge in [-0.3, -0.25) is 0 Å². The van der Waals surface area contributed by atoms with Crippen molar-refractivity contribution in [3.8, 4) is 5.75 Å². The second-order valence-corrected chi connectivity index (χ2v) is 5.15. The highest BCUT2D eigenvalue weighted by atomic mass is 35.5. The molecule has 5 heteroatoms. The van der Waals surface area contributed by atoms with E-state index in [1.165, 1.54) is 0 Å². The number of phenols is 1. The molecule has 2 N–H and O–H groups in total. The van der Waals surface area contributed by atoms with Crippen LogP contribution in [0.25, 0.3) is 0 Å². The van der Waals surface area contributed by atoms with Gasteiger partial charge in [0, 0.05) is 11.0 Å².